The number of nitrogens with one attached hydrogen (secondary N) is 1. The molecule has 0 spiro atoms. The lowest BCUT2D eigenvalue weighted by molar-refractivity contribution is 0.209. The molecule has 0 radical (unpaired) electrons. The Morgan fingerprint density at radius 2 is 2.06 bits per heavy atom. The fourth-order valence-electron chi connectivity index (χ4n) is 1.27. The minimum atomic E-state index is -1.42. The van der Waals surface area contributed by atoms with Gasteiger partial charge in [0.1, 0.15) is 5.69 Å². The van der Waals surface area contributed by atoms with Crippen molar-refractivity contribution < 1.29 is 24.5 Å². The molecule has 2 aromatic rings. The van der Waals surface area contributed by atoms with E-state index < -0.39 is 23.5 Å². The van der Waals surface area contributed by atoms with Gasteiger partial charge in [0, 0.05) is 6.20 Å². The predicted octanol–water partition coefficient (Wildman–Crippen LogP) is 1.84. The number of hydrogen-bond acceptors (Lipinski definition) is 5. The van der Waals surface area contributed by atoms with E-state index in [0.717, 1.165) is 0 Å². The molecule has 2 rings (SSSR count). The molecule has 17 heavy (non-hydrogen) atoms. The Labute approximate surface area is 95.0 Å². The second-order valence-corrected chi connectivity index (χ2v) is 3.10. The van der Waals surface area contributed by atoms with Crippen LogP contribution in [0.3, 0.4) is 0 Å². The van der Waals surface area contributed by atoms with Crippen molar-refractivity contribution in [2.75, 3.05) is 5.32 Å². The number of rotatable bonds is 2. The lowest BCUT2D eigenvalue weighted by Crippen LogP contribution is -2.06. The molecule has 0 unspecified atom stereocenters. The fraction of sp³-hybridized carbons (Fsp3) is 0. The van der Waals surface area contributed by atoms with Gasteiger partial charge < -0.3 is 19.7 Å². The molecular formula is C10H8N2O5. The Balaban J connectivity index is 2.46. The lowest BCUT2D eigenvalue weighted by atomic mass is 10.3. The molecule has 0 bridgehead atoms. The quantitative estimate of drug-likeness (QED) is 0.632. The van der Waals surface area contributed by atoms with Crippen molar-refractivity contribution in [2.45, 2.75) is 0 Å². The molecule has 0 aliphatic rings. The van der Waals surface area contributed by atoms with E-state index in [1.54, 1.807) is 18.2 Å². The molecule has 0 saturated heterocycles. The second-order valence-electron chi connectivity index (χ2n) is 3.10. The number of pyridine rings is 1. The normalized spacial score (nSPS) is 10.1. The molecule has 0 fully saturated rings. The molecule has 7 nitrogen and oxygen atoms in total. The molecule has 2 heterocycles. The third kappa shape index (κ3) is 1.98. The number of carbonyl (C=O) groups is 1. The van der Waals surface area contributed by atoms with Gasteiger partial charge in [-0.25, -0.2) is 4.79 Å². The van der Waals surface area contributed by atoms with Crippen molar-refractivity contribution in [3.63, 3.8) is 0 Å². The number of amides is 1. The van der Waals surface area contributed by atoms with Crippen LogP contribution in [0.2, 0.25) is 0 Å². The highest BCUT2D eigenvalue weighted by Crippen LogP contribution is 2.44. The maximum absolute atomic E-state index is 10.4. The van der Waals surface area contributed by atoms with Crippen LogP contribution in [-0.4, -0.2) is 26.4 Å². The largest absolute Gasteiger partial charge is 0.501 e. The van der Waals surface area contributed by atoms with E-state index in [2.05, 4.69) is 4.98 Å². The number of aromatic hydroxyl groups is 2. The van der Waals surface area contributed by atoms with Crippen molar-refractivity contribution in [3.8, 4) is 23.0 Å². The van der Waals surface area contributed by atoms with Gasteiger partial charge in [-0.05, 0) is 12.1 Å². The Bertz CT molecular complexity index is 549. The van der Waals surface area contributed by atoms with Crippen LogP contribution >= 0.6 is 0 Å². The van der Waals surface area contributed by atoms with Gasteiger partial charge in [0.15, 0.2) is 0 Å². The zero-order valence-corrected chi connectivity index (χ0v) is 8.41. The van der Waals surface area contributed by atoms with E-state index in [0.29, 0.717) is 0 Å². The predicted molar refractivity (Wildman–Crippen MR) is 56.9 cm³/mol. The van der Waals surface area contributed by atoms with Crippen LogP contribution in [-0.2, 0) is 0 Å². The Hall–Kier alpha value is -2.70. The molecule has 0 aliphatic carbocycles. The number of carboxylic acid groups (broad SMARTS) is 1. The Morgan fingerprint density at radius 1 is 1.29 bits per heavy atom. The van der Waals surface area contributed by atoms with Crippen LogP contribution in [0.1, 0.15) is 0 Å². The summed E-state index contributed by atoms with van der Waals surface area (Å²) in [7, 11) is 0. The van der Waals surface area contributed by atoms with Crippen LogP contribution in [0, 0.1) is 0 Å². The maximum Gasteiger partial charge on any atom is 0.411 e. The smallest absolute Gasteiger partial charge is 0.411 e. The second kappa shape index (κ2) is 4.05. The van der Waals surface area contributed by atoms with Crippen molar-refractivity contribution >= 4 is 12.0 Å². The van der Waals surface area contributed by atoms with Gasteiger partial charge in [-0.15, -0.1) is 0 Å². The maximum atomic E-state index is 10.4. The first-order valence-electron chi connectivity index (χ1n) is 4.55. The van der Waals surface area contributed by atoms with E-state index in [-0.39, 0.29) is 11.5 Å². The number of furan rings is 1. The topological polar surface area (TPSA) is 116 Å². The SMILES string of the molecule is O=C(O)Nc1oc(-c2ccccn2)c(O)c1O. The van der Waals surface area contributed by atoms with E-state index >= 15 is 0 Å². The number of hydrogen-bond donors (Lipinski definition) is 4. The van der Waals surface area contributed by atoms with Crippen LogP contribution in [0.4, 0.5) is 10.7 Å². The van der Waals surface area contributed by atoms with Crippen molar-refractivity contribution in [2.24, 2.45) is 0 Å². The molecule has 0 aromatic carbocycles. The molecule has 0 atom stereocenters. The summed E-state index contributed by atoms with van der Waals surface area (Å²) in [6.45, 7) is 0. The van der Waals surface area contributed by atoms with Gasteiger partial charge in [0.05, 0.1) is 0 Å². The Morgan fingerprint density at radius 3 is 2.65 bits per heavy atom. The molecule has 2 aromatic heterocycles. The summed E-state index contributed by atoms with van der Waals surface area (Å²) in [5, 5.41) is 29.3. The summed E-state index contributed by atoms with van der Waals surface area (Å²) in [4.78, 5) is 14.3. The first-order chi connectivity index (χ1) is 8.09. The number of nitrogens with zero attached hydrogens (tertiary/aromatic N) is 1. The van der Waals surface area contributed by atoms with Gasteiger partial charge in [0.2, 0.25) is 23.1 Å². The van der Waals surface area contributed by atoms with Crippen molar-refractivity contribution in [1.82, 2.24) is 4.98 Å². The molecule has 0 aliphatic heterocycles. The van der Waals surface area contributed by atoms with Crippen LogP contribution in [0.25, 0.3) is 11.5 Å². The number of aromatic nitrogens is 1. The molecular weight excluding hydrogens is 228 g/mol. The summed E-state index contributed by atoms with van der Waals surface area (Å²) in [6, 6.07) is 4.87. The molecule has 4 N–H and O–H groups in total. The summed E-state index contributed by atoms with van der Waals surface area (Å²) in [5.74, 6) is -1.79. The summed E-state index contributed by atoms with van der Waals surface area (Å²) < 4.78 is 4.99. The van der Waals surface area contributed by atoms with Gasteiger partial charge in [-0.1, -0.05) is 6.07 Å². The summed E-state index contributed by atoms with van der Waals surface area (Å²) >= 11 is 0. The highest BCUT2D eigenvalue weighted by atomic mass is 16.4. The summed E-state index contributed by atoms with van der Waals surface area (Å²) in [5.41, 5.74) is 0.277. The molecule has 88 valence electrons. The third-order valence-corrected chi connectivity index (χ3v) is 1.98. The van der Waals surface area contributed by atoms with Crippen LogP contribution in [0.5, 0.6) is 11.5 Å². The highest BCUT2D eigenvalue weighted by Gasteiger charge is 2.22. The molecule has 1 amide bonds. The van der Waals surface area contributed by atoms with Crippen LogP contribution < -0.4 is 5.32 Å². The minimum absolute atomic E-state index is 0.105. The van der Waals surface area contributed by atoms with Crippen molar-refractivity contribution in [1.29, 1.82) is 0 Å². The third-order valence-electron chi connectivity index (χ3n) is 1.98. The monoisotopic (exact) mass is 236 g/mol. The van der Waals surface area contributed by atoms with Gasteiger partial charge in [-0.3, -0.25) is 10.3 Å². The summed E-state index contributed by atoms with van der Waals surface area (Å²) in [6.07, 6.45) is 0.0557. The Kier molecular flexibility index (Phi) is 2.57. The molecule has 7 heteroatoms. The van der Waals surface area contributed by atoms with E-state index in [1.807, 2.05) is 5.32 Å². The van der Waals surface area contributed by atoms with E-state index in [4.69, 9.17) is 9.52 Å². The van der Waals surface area contributed by atoms with Gasteiger partial charge >= 0.3 is 6.09 Å². The van der Waals surface area contributed by atoms with E-state index in [9.17, 15) is 15.0 Å². The molecule has 0 saturated carbocycles. The average molecular weight is 236 g/mol. The zero-order chi connectivity index (χ0) is 12.4. The lowest BCUT2D eigenvalue weighted by Gasteiger charge is -1.95. The average Bonchev–Trinajstić information content (AvgIpc) is 2.58. The zero-order valence-electron chi connectivity index (χ0n) is 8.41. The van der Waals surface area contributed by atoms with Crippen LogP contribution in [0.15, 0.2) is 28.8 Å². The first-order valence-corrected chi connectivity index (χ1v) is 4.55. The van der Waals surface area contributed by atoms with Crippen molar-refractivity contribution in [3.05, 3.63) is 24.4 Å². The highest BCUT2D eigenvalue weighted by molar-refractivity contribution is 5.85. The number of anilines is 1. The first kappa shape index (κ1) is 10.8. The van der Waals surface area contributed by atoms with Gasteiger partial charge in [-0.2, -0.15) is 0 Å². The standard InChI is InChI=1S/C10H8N2O5/c13-6-7(14)9(12-10(15)16)17-8(6)5-3-1-2-4-11-5/h1-4,12-14H,(H,15,16). The van der Waals surface area contributed by atoms with Gasteiger partial charge in [0.25, 0.3) is 0 Å². The van der Waals surface area contributed by atoms with E-state index in [1.165, 1.54) is 6.20 Å². The minimum Gasteiger partial charge on any atom is -0.501 e. The fourth-order valence-corrected chi connectivity index (χ4v) is 1.27.